The van der Waals surface area contributed by atoms with Crippen molar-refractivity contribution in [2.75, 3.05) is 0 Å². The summed E-state index contributed by atoms with van der Waals surface area (Å²) < 4.78 is 45.2. The summed E-state index contributed by atoms with van der Waals surface area (Å²) in [5.41, 5.74) is 4.61. The molecule has 4 heterocycles. The first kappa shape index (κ1) is 23.1. The van der Waals surface area contributed by atoms with Crippen LogP contribution in [0.25, 0.3) is 16.8 Å². The zero-order valence-electron chi connectivity index (χ0n) is 20.0. The van der Waals surface area contributed by atoms with Crippen LogP contribution in [-0.2, 0) is 13.5 Å². The summed E-state index contributed by atoms with van der Waals surface area (Å²) in [5.74, 6) is -4.07. The summed E-state index contributed by atoms with van der Waals surface area (Å²) in [6.07, 6.45) is 5.22. The maximum Gasteiger partial charge on any atom is 0.256 e. The highest BCUT2D eigenvalue weighted by Crippen LogP contribution is 2.41. The number of amides is 1. The van der Waals surface area contributed by atoms with Crippen LogP contribution < -0.4 is 0 Å². The van der Waals surface area contributed by atoms with Crippen molar-refractivity contribution in [1.29, 1.82) is 0 Å². The molecule has 0 fully saturated rings. The molecule has 0 aliphatic carbocycles. The second kappa shape index (κ2) is 8.55. The quantitative estimate of drug-likeness (QED) is 0.368. The number of hydrogen-bond acceptors (Lipinski definition) is 3. The van der Waals surface area contributed by atoms with E-state index in [1.807, 2.05) is 42.2 Å². The van der Waals surface area contributed by atoms with Crippen molar-refractivity contribution in [3.05, 3.63) is 76.8 Å². The third kappa shape index (κ3) is 3.52. The molecule has 1 aliphatic rings. The minimum Gasteiger partial charge on any atom is -0.327 e. The van der Waals surface area contributed by atoms with Crippen LogP contribution >= 0.6 is 0 Å². The van der Waals surface area contributed by atoms with Crippen LogP contribution in [-0.4, -0.2) is 36.0 Å². The number of rotatable bonds is 4. The van der Waals surface area contributed by atoms with Gasteiger partial charge in [-0.2, -0.15) is 5.10 Å². The van der Waals surface area contributed by atoms with Gasteiger partial charge in [0, 0.05) is 29.9 Å². The molecular weight excluding hydrogens is 455 g/mol. The van der Waals surface area contributed by atoms with E-state index >= 15 is 0 Å². The van der Waals surface area contributed by atoms with Crippen LogP contribution in [0.1, 0.15) is 60.0 Å². The van der Waals surface area contributed by atoms with Crippen molar-refractivity contribution >= 4 is 11.4 Å². The average molecular weight is 482 g/mol. The molecule has 0 saturated heterocycles. The average Bonchev–Trinajstić information content (AvgIpc) is 3.45. The first-order valence-electron chi connectivity index (χ1n) is 11.7. The molecule has 3 aromatic heterocycles. The van der Waals surface area contributed by atoms with Gasteiger partial charge in [0.1, 0.15) is 0 Å². The van der Waals surface area contributed by atoms with E-state index in [0.717, 1.165) is 28.9 Å². The van der Waals surface area contributed by atoms with Crippen LogP contribution in [0.3, 0.4) is 0 Å². The molecule has 182 valence electrons. The molecule has 2 unspecified atom stereocenters. The Morgan fingerprint density at radius 3 is 2.49 bits per heavy atom. The van der Waals surface area contributed by atoms with Crippen molar-refractivity contribution in [2.24, 2.45) is 7.05 Å². The minimum atomic E-state index is -1.50. The smallest absolute Gasteiger partial charge is 0.256 e. The van der Waals surface area contributed by atoms with Gasteiger partial charge in [-0.1, -0.05) is 13.8 Å². The van der Waals surface area contributed by atoms with E-state index in [2.05, 4.69) is 10.1 Å². The fourth-order valence-corrected chi connectivity index (χ4v) is 5.36. The van der Waals surface area contributed by atoms with Gasteiger partial charge < -0.3 is 9.30 Å². The Kier molecular flexibility index (Phi) is 5.65. The maximum absolute atomic E-state index is 14.1. The molecule has 0 spiro atoms. The van der Waals surface area contributed by atoms with E-state index in [0.29, 0.717) is 36.2 Å². The molecule has 9 heteroatoms. The van der Waals surface area contributed by atoms with E-state index in [-0.39, 0.29) is 23.6 Å². The molecule has 0 radical (unpaired) electrons. The standard InChI is InChI=1S/C26H26F3N5O/c1-5-16-11-19-24(31-32(4)25(19)15-9-20(27)23(29)21(28)10-15)22(6-2)34(16)26(35)18-8-7-17-12-30-13-33(17)14(18)3/h7-10,12-13,16,22H,5-6,11H2,1-4H3. The zero-order chi connectivity index (χ0) is 25.0. The molecule has 0 saturated carbocycles. The molecular formula is C26H26F3N5O. The van der Waals surface area contributed by atoms with Crippen molar-refractivity contribution in [1.82, 2.24) is 24.1 Å². The topological polar surface area (TPSA) is 55.4 Å². The molecule has 5 rings (SSSR count). The molecule has 1 aliphatic heterocycles. The largest absolute Gasteiger partial charge is 0.327 e. The Hall–Kier alpha value is -3.62. The van der Waals surface area contributed by atoms with E-state index in [4.69, 9.17) is 0 Å². The number of nitrogens with zero attached hydrogens (tertiary/aromatic N) is 5. The number of carbonyl (C=O) groups excluding carboxylic acids is 1. The van der Waals surface area contributed by atoms with Gasteiger partial charge in [0.15, 0.2) is 17.5 Å². The predicted molar refractivity (Wildman–Crippen MR) is 125 cm³/mol. The number of hydrogen-bond donors (Lipinski definition) is 0. The Morgan fingerprint density at radius 2 is 1.83 bits per heavy atom. The minimum absolute atomic E-state index is 0.0893. The zero-order valence-corrected chi connectivity index (χ0v) is 20.0. The van der Waals surface area contributed by atoms with Crippen LogP contribution in [0.15, 0.2) is 36.8 Å². The first-order valence-corrected chi connectivity index (χ1v) is 11.7. The van der Waals surface area contributed by atoms with Gasteiger partial charge in [0.25, 0.3) is 5.91 Å². The monoisotopic (exact) mass is 481 g/mol. The van der Waals surface area contributed by atoms with Crippen LogP contribution in [0, 0.1) is 24.4 Å². The molecule has 1 amide bonds. The number of halogens is 3. The first-order chi connectivity index (χ1) is 16.8. The summed E-state index contributed by atoms with van der Waals surface area (Å²) in [5, 5.41) is 4.69. The fraction of sp³-hybridized carbons (Fsp3) is 0.346. The van der Waals surface area contributed by atoms with Gasteiger partial charge in [0.2, 0.25) is 0 Å². The third-order valence-corrected chi connectivity index (χ3v) is 7.08. The molecule has 6 nitrogen and oxygen atoms in total. The fourth-order valence-electron chi connectivity index (χ4n) is 5.36. The number of imidazole rings is 1. The maximum atomic E-state index is 14.1. The number of benzene rings is 1. The lowest BCUT2D eigenvalue weighted by Gasteiger charge is -2.41. The summed E-state index contributed by atoms with van der Waals surface area (Å²) in [6.45, 7) is 5.90. The lowest BCUT2D eigenvalue weighted by molar-refractivity contribution is 0.0511. The SMILES string of the molecule is CCC1Cc2c(nn(C)c2-c2cc(F)c(F)c(F)c2)C(CC)N1C(=O)c1ccc2cncn2c1C. The second-order valence-electron chi connectivity index (χ2n) is 9.01. The highest BCUT2D eigenvalue weighted by molar-refractivity contribution is 5.96. The number of aryl methyl sites for hydroxylation is 2. The summed E-state index contributed by atoms with van der Waals surface area (Å²) >= 11 is 0. The van der Waals surface area contributed by atoms with E-state index < -0.39 is 17.5 Å². The lowest BCUT2D eigenvalue weighted by atomic mass is 9.87. The van der Waals surface area contributed by atoms with Gasteiger partial charge in [-0.3, -0.25) is 9.48 Å². The molecule has 4 aromatic rings. The van der Waals surface area contributed by atoms with Gasteiger partial charge in [-0.15, -0.1) is 0 Å². The summed E-state index contributed by atoms with van der Waals surface area (Å²) in [7, 11) is 1.70. The Bertz CT molecular complexity index is 1430. The third-order valence-electron chi connectivity index (χ3n) is 7.08. The molecule has 1 aromatic carbocycles. The Labute approximate surface area is 201 Å². The molecule has 2 atom stereocenters. The van der Waals surface area contributed by atoms with Gasteiger partial charge in [0.05, 0.1) is 41.0 Å². The molecule has 0 bridgehead atoms. The Morgan fingerprint density at radius 1 is 1.11 bits per heavy atom. The van der Waals surface area contributed by atoms with Crippen LogP contribution in [0.5, 0.6) is 0 Å². The van der Waals surface area contributed by atoms with Crippen molar-refractivity contribution < 1.29 is 18.0 Å². The summed E-state index contributed by atoms with van der Waals surface area (Å²) in [4.78, 5) is 20.0. The van der Waals surface area contributed by atoms with E-state index in [9.17, 15) is 18.0 Å². The van der Waals surface area contributed by atoms with E-state index in [1.165, 1.54) is 0 Å². The lowest BCUT2D eigenvalue weighted by Crippen LogP contribution is -2.47. The normalized spacial score (nSPS) is 17.7. The highest BCUT2D eigenvalue weighted by atomic mass is 19.2. The second-order valence-corrected chi connectivity index (χ2v) is 9.01. The number of fused-ring (bicyclic) bond motifs is 2. The van der Waals surface area contributed by atoms with Crippen molar-refractivity contribution in [3.8, 4) is 11.3 Å². The molecule has 0 N–H and O–H groups in total. The van der Waals surface area contributed by atoms with Gasteiger partial charge in [-0.05, 0) is 50.5 Å². The van der Waals surface area contributed by atoms with Gasteiger partial charge in [-0.25, -0.2) is 18.2 Å². The number of aromatic nitrogens is 4. The van der Waals surface area contributed by atoms with Crippen LogP contribution in [0.4, 0.5) is 13.2 Å². The Balaban J connectivity index is 1.62. The van der Waals surface area contributed by atoms with Crippen molar-refractivity contribution in [2.45, 2.75) is 52.1 Å². The summed E-state index contributed by atoms with van der Waals surface area (Å²) in [6, 6.07) is 5.25. The number of carbonyl (C=O) groups is 1. The number of pyridine rings is 1. The van der Waals surface area contributed by atoms with Gasteiger partial charge >= 0.3 is 0 Å². The van der Waals surface area contributed by atoms with Crippen molar-refractivity contribution in [3.63, 3.8) is 0 Å². The van der Waals surface area contributed by atoms with E-state index in [1.54, 1.807) is 24.3 Å². The highest BCUT2D eigenvalue weighted by Gasteiger charge is 2.40. The van der Waals surface area contributed by atoms with Crippen LogP contribution in [0.2, 0.25) is 0 Å². The molecule has 35 heavy (non-hydrogen) atoms. The predicted octanol–water partition coefficient (Wildman–Crippen LogP) is 5.39.